The van der Waals surface area contributed by atoms with E-state index in [4.69, 9.17) is 5.73 Å². The first-order chi connectivity index (χ1) is 9.44. The fourth-order valence-corrected chi connectivity index (χ4v) is 3.90. The van der Waals surface area contributed by atoms with Gasteiger partial charge in [0.15, 0.2) is 0 Å². The van der Waals surface area contributed by atoms with Gasteiger partial charge in [0.25, 0.3) is 0 Å². The molecule has 2 fully saturated rings. The van der Waals surface area contributed by atoms with Gasteiger partial charge in [-0.2, -0.15) is 0 Å². The normalized spacial score (nSPS) is 33.8. The van der Waals surface area contributed by atoms with E-state index in [2.05, 4.69) is 6.92 Å². The zero-order valence-electron chi connectivity index (χ0n) is 13.1. The van der Waals surface area contributed by atoms with Gasteiger partial charge in [-0.05, 0) is 44.4 Å². The van der Waals surface area contributed by atoms with Gasteiger partial charge in [-0.3, -0.25) is 14.5 Å². The van der Waals surface area contributed by atoms with Crippen molar-refractivity contribution < 1.29 is 9.59 Å². The van der Waals surface area contributed by atoms with E-state index >= 15 is 0 Å². The Kier molecular flexibility index (Phi) is 4.24. The second kappa shape index (κ2) is 5.47. The number of likely N-dealkylation sites (tertiary alicyclic amines) is 1. The summed E-state index contributed by atoms with van der Waals surface area (Å²) in [5.41, 5.74) is 5.13. The van der Waals surface area contributed by atoms with Gasteiger partial charge in [-0.1, -0.05) is 20.8 Å². The molecule has 0 unspecified atom stereocenters. The molecule has 1 saturated heterocycles. The molecule has 1 aliphatic heterocycles. The van der Waals surface area contributed by atoms with Crippen LogP contribution in [0.5, 0.6) is 0 Å². The summed E-state index contributed by atoms with van der Waals surface area (Å²) in [7, 11) is 0. The van der Waals surface area contributed by atoms with Crippen LogP contribution in [0.3, 0.4) is 0 Å². The summed E-state index contributed by atoms with van der Waals surface area (Å²) in [5.74, 6) is 0.704. The Morgan fingerprint density at radius 1 is 1.20 bits per heavy atom. The maximum absolute atomic E-state index is 12.9. The molecule has 2 rings (SSSR count). The molecule has 0 bridgehead atoms. The highest BCUT2D eigenvalue weighted by molar-refractivity contribution is 6.06. The predicted octanol–water partition coefficient (Wildman–Crippen LogP) is 2.46. The molecule has 1 aliphatic carbocycles. The van der Waals surface area contributed by atoms with Crippen LogP contribution in [0.15, 0.2) is 0 Å². The third-order valence-corrected chi connectivity index (χ3v) is 5.81. The lowest BCUT2D eigenvalue weighted by atomic mass is 9.75. The standard InChI is InChI=1S/C16H28N2O2/c1-4-15(5-2)10-13(19)18(14(15)20)16(11-17)8-6-12(3)7-9-16/h12H,4-11,17H2,1-3H3. The molecule has 0 aromatic carbocycles. The van der Waals surface area contributed by atoms with Gasteiger partial charge in [-0.25, -0.2) is 0 Å². The maximum atomic E-state index is 12.9. The summed E-state index contributed by atoms with van der Waals surface area (Å²) >= 11 is 0. The average Bonchev–Trinajstić information content (AvgIpc) is 2.72. The number of nitrogens with two attached hydrogens (primary N) is 1. The first-order valence-corrected chi connectivity index (χ1v) is 8.02. The smallest absolute Gasteiger partial charge is 0.236 e. The van der Waals surface area contributed by atoms with E-state index in [1.54, 1.807) is 4.90 Å². The van der Waals surface area contributed by atoms with E-state index in [0.29, 0.717) is 18.9 Å². The van der Waals surface area contributed by atoms with Gasteiger partial charge in [0.2, 0.25) is 11.8 Å². The Morgan fingerprint density at radius 3 is 2.15 bits per heavy atom. The minimum absolute atomic E-state index is 0.00120. The highest BCUT2D eigenvalue weighted by atomic mass is 16.2. The van der Waals surface area contributed by atoms with E-state index in [9.17, 15) is 9.59 Å². The average molecular weight is 280 g/mol. The van der Waals surface area contributed by atoms with Gasteiger partial charge in [0, 0.05) is 13.0 Å². The van der Waals surface area contributed by atoms with Crippen molar-refractivity contribution in [2.45, 2.75) is 71.3 Å². The van der Waals surface area contributed by atoms with Crippen molar-refractivity contribution in [1.82, 2.24) is 4.90 Å². The monoisotopic (exact) mass is 280 g/mol. The number of nitrogens with zero attached hydrogens (tertiary/aromatic N) is 1. The predicted molar refractivity (Wildman–Crippen MR) is 78.9 cm³/mol. The number of rotatable bonds is 4. The first kappa shape index (κ1) is 15.5. The Hall–Kier alpha value is -0.900. The van der Waals surface area contributed by atoms with Crippen LogP contribution in [0.2, 0.25) is 0 Å². The van der Waals surface area contributed by atoms with Crippen LogP contribution in [0.25, 0.3) is 0 Å². The zero-order chi connectivity index (χ0) is 15.0. The SMILES string of the molecule is CCC1(CC)CC(=O)N(C2(CN)CCC(C)CC2)C1=O. The number of hydrogen-bond acceptors (Lipinski definition) is 3. The number of amides is 2. The molecule has 0 radical (unpaired) electrons. The lowest BCUT2D eigenvalue weighted by molar-refractivity contribution is -0.150. The molecule has 20 heavy (non-hydrogen) atoms. The van der Waals surface area contributed by atoms with Crippen molar-refractivity contribution in [1.29, 1.82) is 0 Å². The Bertz CT molecular complexity index is 393. The fraction of sp³-hybridized carbons (Fsp3) is 0.875. The molecule has 1 saturated carbocycles. The van der Waals surface area contributed by atoms with Crippen molar-refractivity contribution in [2.75, 3.05) is 6.54 Å². The first-order valence-electron chi connectivity index (χ1n) is 8.02. The number of hydrogen-bond donors (Lipinski definition) is 1. The minimum Gasteiger partial charge on any atom is -0.328 e. The van der Waals surface area contributed by atoms with Crippen LogP contribution in [0.4, 0.5) is 0 Å². The molecule has 0 spiro atoms. The summed E-state index contributed by atoms with van der Waals surface area (Å²) in [4.78, 5) is 27.0. The molecule has 0 atom stereocenters. The molecule has 1 heterocycles. The van der Waals surface area contributed by atoms with Gasteiger partial charge in [-0.15, -0.1) is 0 Å². The van der Waals surface area contributed by atoms with Gasteiger partial charge < -0.3 is 5.73 Å². The van der Waals surface area contributed by atoms with Crippen LogP contribution in [0, 0.1) is 11.3 Å². The number of carbonyl (C=O) groups is 2. The number of carbonyl (C=O) groups excluding carboxylic acids is 2. The molecular formula is C16H28N2O2. The van der Waals surface area contributed by atoms with Crippen molar-refractivity contribution in [3.05, 3.63) is 0 Å². The molecule has 4 nitrogen and oxygen atoms in total. The van der Waals surface area contributed by atoms with Crippen LogP contribution >= 0.6 is 0 Å². The van der Waals surface area contributed by atoms with Crippen LogP contribution in [-0.4, -0.2) is 28.8 Å². The summed E-state index contributed by atoms with van der Waals surface area (Å²) in [6.45, 7) is 6.66. The highest BCUT2D eigenvalue weighted by Gasteiger charge is 2.56. The van der Waals surface area contributed by atoms with Gasteiger partial charge in [0.1, 0.15) is 0 Å². The van der Waals surface area contributed by atoms with E-state index in [0.717, 1.165) is 38.5 Å². The lowest BCUT2D eigenvalue weighted by Crippen LogP contribution is -2.58. The third kappa shape index (κ3) is 2.18. The van der Waals surface area contributed by atoms with Crippen molar-refractivity contribution in [3.63, 3.8) is 0 Å². The molecule has 0 aromatic heterocycles. The molecule has 2 N–H and O–H groups in total. The molecule has 2 aliphatic rings. The second-order valence-corrected chi connectivity index (χ2v) is 6.81. The van der Waals surface area contributed by atoms with Gasteiger partial charge in [0.05, 0.1) is 11.0 Å². The Balaban J connectivity index is 2.31. The molecule has 4 heteroatoms. The fourth-order valence-electron chi connectivity index (χ4n) is 3.90. The van der Waals surface area contributed by atoms with Crippen molar-refractivity contribution >= 4 is 11.8 Å². The molecule has 2 amide bonds. The van der Waals surface area contributed by atoms with Crippen LogP contribution in [0.1, 0.15) is 65.7 Å². The Labute approximate surface area is 122 Å². The number of imide groups is 1. The van der Waals surface area contributed by atoms with E-state index in [1.807, 2.05) is 13.8 Å². The molecule has 114 valence electrons. The quantitative estimate of drug-likeness (QED) is 0.805. The maximum Gasteiger partial charge on any atom is 0.236 e. The van der Waals surface area contributed by atoms with E-state index in [1.165, 1.54) is 0 Å². The van der Waals surface area contributed by atoms with E-state index < -0.39 is 11.0 Å². The topological polar surface area (TPSA) is 63.4 Å². The van der Waals surface area contributed by atoms with E-state index in [-0.39, 0.29) is 11.8 Å². The summed E-state index contributed by atoms with van der Waals surface area (Å²) in [5, 5.41) is 0. The Morgan fingerprint density at radius 2 is 1.75 bits per heavy atom. The van der Waals surface area contributed by atoms with Crippen LogP contribution in [-0.2, 0) is 9.59 Å². The third-order valence-electron chi connectivity index (χ3n) is 5.81. The van der Waals surface area contributed by atoms with Crippen LogP contribution < -0.4 is 5.73 Å². The second-order valence-electron chi connectivity index (χ2n) is 6.81. The van der Waals surface area contributed by atoms with Gasteiger partial charge >= 0.3 is 0 Å². The zero-order valence-corrected chi connectivity index (χ0v) is 13.1. The molecular weight excluding hydrogens is 252 g/mol. The summed E-state index contributed by atoms with van der Waals surface area (Å²) in [6, 6.07) is 0. The summed E-state index contributed by atoms with van der Waals surface area (Å²) < 4.78 is 0. The molecule has 0 aromatic rings. The summed E-state index contributed by atoms with van der Waals surface area (Å²) in [6.07, 6.45) is 5.69. The largest absolute Gasteiger partial charge is 0.328 e. The van der Waals surface area contributed by atoms with Crippen molar-refractivity contribution in [3.8, 4) is 0 Å². The lowest BCUT2D eigenvalue weighted by Gasteiger charge is -2.45. The minimum atomic E-state index is -0.470. The highest BCUT2D eigenvalue weighted by Crippen LogP contribution is 2.46. The van der Waals surface area contributed by atoms with Crippen molar-refractivity contribution in [2.24, 2.45) is 17.1 Å².